The topological polar surface area (TPSA) is 72.7 Å². The van der Waals surface area contributed by atoms with Crippen LogP contribution in [0.3, 0.4) is 0 Å². The van der Waals surface area contributed by atoms with E-state index in [-0.39, 0.29) is 11.9 Å². The number of nitrogens with one attached hydrogen (secondary N) is 1. The van der Waals surface area contributed by atoms with Crippen molar-refractivity contribution in [3.05, 3.63) is 71.5 Å². The molecule has 0 saturated heterocycles. The highest BCUT2D eigenvalue weighted by Gasteiger charge is 2.34. The quantitative estimate of drug-likeness (QED) is 0.380. The first-order valence-electron chi connectivity index (χ1n) is 10.5. The largest absolute Gasteiger partial charge is 0.497 e. The summed E-state index contributed by atoms with van der Waals surface area (Å²) in [5.41, 5.74) is 3.34. The molecule has 0 amide bonds. The van der Waals surface area contributed by atoms with Gasteiger partial charge in [0.2, 0.25) is 5.82 Å². The minimum absolute atomic E-state index is 0.312. The van der Waals surface area contributed by atoms with Crippen molar-refractivity contribution in [2.75, 3.05) is 27.4 Å². The number of ether oxygens (including phenoxy) is 2. The molecule has 1 atom stereocenters. The lowest BCUT2D eigenvalue weighted by atomic mass is 9.94. The highest BCUT2D eigenvalue weighted by molar-refractivity contribution is 7.80. The van der Waals surface area contributed by atoms with Gasteiger partial charge in [0.25, 0.3) is 5.89 Å². The van der Waals surface area contributed by atoms with Gasteiger partial charge in [-0.2, -0.15) is 4.98 Å². The maximum absolute atomic E-state index is 13.3. The Morgan fingerprint density at radius 2 is 1.97 bits per heavy atom. The maximum Gasteiger partial charge on any atom is 0.258 e. The Kier molecular flexibility index (Phi) is 7.00. The Morgan fingerprint density at radius 3 is 2.70 bits per heavy atom. The molecule has 1 unspecified atom stereocenters. The molecule has 1 aliphatic heterocycles. The van der Waals surface area contributed by atoms with Crippen LogP contribution in [0, 0.1) is 5.82 Å². The molecule has 0 spiro atoms. The SMILES string of the molecule is COCCCN1C(=S)NC(c2cccc(OC)c2)C(c2nc(-c3ccc(F)cc3)no2)=C1C. The fourth-order valence-electron chi connectivity index (χ4n) is 3.81. The molecule has 172 valence electrons. The molecule has 2 heterocycles. The van der Waals surface area contributed by atoms with Crippen molar-refractivity contribution in [2.45, 2.75) is 19.4 Å². The molecule has 1 aliphatic rings. The lowest BCUT2D eigenvalue weighted by molar-refractivity contribution is 0.188. The van der Waals surface area contributed by atoms with Crippen LogP contribution in [0.1, 0.15) is 30.8 Å². The van der Waals surface area contributed by atoms with Crippen molar-refractivity contribution in [3.63, 3.8) is 0 Å². The predicted molar refractivity (Wildman–Crippen MR) is 127 cm³/mol. The van der Waals surface area contributed by atoms with Crippen molar-refractivity contribution in [2.24, 2.45) is 0 Å². The smallest absolute Gasteiger partial charge is 0.258 e. The highest BCUT2D eigenvalue weighted by atomic mass is 32.1. The van der Waals surface area contributed by atoms with Gasteiger partial charge in [-0.15, -0.1) is 0 Å². The van der Waals surface area contributed by atoms with Crippen LogP contribution >= 0.6 is 12.2 Å². The van der Waals surface area contributed by atoms with E-state index in [1.807, 2.05) is 36.1 Å². The second-order valence-electron chi connectivity index (χ2n) is 7.59. The summed E-state index contributed by atoms with van der Waals surface area (Å²) in [6.07, 6.45) is 0.803. The predicted octanol–water partition coefficient (Wildman–Crippen LogP) is 4.58. The first-order chi connectivity index (χ1) is 16.0. The van der Waals surface area contributed by atoms with Crippen molar-refractivity contribution in [1.82, 2.24) is 20.4 Å². The lowest BCUT2D eigenvalue weighted by Crippen LogP contribution is -2.46. The first kappa shape index (κ1) is 22.9. The molecule has 3 aromatic rings. The van der Waals surface area contributed by atoms with Crippen LogP contribution in [0.5, 0.6) is 5.75 Å². The maximum atomic E-state index is 13.3. The van der Waals surface area contributed by atoms with E-state index in [4.69, 9.17) is 26.2 Å². The zero-order valence-electron chi connectivity index (χ0n) is 18.7. The van der Waals surface area contributed by atoms with Gasteiger partial charge >= 0.3 is 0 Å². The van der Waals surface area contributed by atoms with Crippen LogP contribution in [0.25, 0.3) is 17.0 Å². The number of benzene rings is 2. The molecular formula is C24H25FN4O3S. The van der Waals surface area contributed by atoms with E-state index in [9.17, 15) is 4.39 Å². The van der Waals surface area contributed by atoms with Gasteiger partial charge in [0.05, 0.1) is 18.7 Å². The minimum atomic E-state index is -0.323. The third kappa shape index (κ3) is 4.89. The summed E-state index contributed by atoms with van der Waals surface area (Å²) >= 11 is 5.70. The summed E-state index contributed by atoms with van der Waals surface area (Å²) in [7, 11) is 3.31. The van der Waals surface area contributed by atoms with Crippen molar-refractivity contribution in [1.29, 1.82) is 0 Å². The van der Waals surface area contributed by atoms with Gasteiger partial charge in [-0.1, -0.05) is 17.3 Å². The normalized spacial score (nSPS) is 16.2. The third-order valence-corrected chi connectivity index (χ3v) is 5.85. The monoisotopic (exact) mass is 468 g/mol. The Labute approximate surface area is 197 Å². The third-order valence-electron chi connectivity index (χ3n) is 5.51. The van der Waals surface area contributed by atoms with Crippen LogP contribution in [0.4, 0.5) is 4.39 Å². The zero-order valence-corrected chi connectivity index (χ0v) is 19.5. The van der Waals surface area contributed by atoms with Crippen molar-refractivity contribution < 1.29 is 18.4 Å². The van der Waals surface area contributed by atoms with E-state index in [1.165, 1.54) is 12.1 Å². The molecule has 1 aromatic heterocycles. The average molecular weight is 469 g/mol. The van der Waals surface area contributed by atoms with E-state index in [0.29, 0.717) is 35.5 Å². The fourth-order valence-corrected chi connectivity index (χ4v) is 4.16. The Bertz CT molecular complexity index is 1160. The van der Waals surface area contributed by atoms with Gasteiger partial charge in [0.15, 0.2) is 5.11 Å². The summed E-state index contributed by atoms with van der Waals surface area (Å²) < 4.78 is 29.7. The first-order valence-corrected chi connectivity index (χ1v) is 10.9. The number of hydrogen-bond acceptors (Lipinski definition) is 6. The van der Waals surface area contributed by atoms with Gasteiger partial charge < -0.3 is 24.2 Å². The van der Waals surface area contributed by atoms with E-state index in [2.05, 4.69) is 15.5 Å². The fraction of sp³-hybridized carbons (Fsp3) is 0.292. The Balaban J connectivity index is 1.77. The number of allylic oxidation sites excluding steroid dienone is 1. The summed E-state index contributed by atoms with van der Waals surface area (Å²) in [5, 5.41) is 8.17. The van der Waals surface area contributed by atoms with Crippen LogP contribution < -0.4 is 10.1 Å². The molecule has 7 nitrogen and oxygen atoms in total. The second kappa shape index (κ2) is 10.1. The molecule has 0 bridgehead atoms. The van der Waals surface area contributed by atoms with Gasteiger partial charge in [-0.25, -0.2) is 4.39 Å². The molecule has 0 aliphatic carbocycles. The van der Waals surface area contributed by atoms with Crippen molar-refractivity contribution in [3.8, 4) is 17.1 Å². The van der Waals surface area contributed by atoms with E-state index in [0.717, 1.165) is 29.0 Å². The second-order valence-corrected chi connectivity index (χ2v) is 7.97. The standard InChI is InChI=1S/C24H25FN4O3S/c1-15-20(23-27-22(28-32-23)16-8-10-18(25)11-9-16)21(17-6-4-7-19(14-17)31-3)26-24(33)29(15)12-5-13-30-2/h4,6-11,14,21H,5,12-13H2,1-3H3,(H,26,33). The number of rotatable bonds is 8. The number of nitrogens with zero attached hydrogens (tertiary/aromatic N) is 3. The summed E-state index contributed by atoms with van der Waals surface area (Å²) in [6, 6.07) is 13.4. The molecule has 9 heteroatoms. The molecule has 0 fully saturated rings. The lowest BCUT2D eigenvalue weighted by Gasteiger charge is -2.37. The van der Waals surface area contributed by atoms with Crippen molar-refractivity contribution >= 4 is 22.9 Å². The van der Waals surface area contributed by atoms with Gasteiger partial charge in [-0.05, 0) is 67.5 Å². The number of methoxy groups -OCH3 is 2. The van der Waals surface area contributed by atoms with Gasteiger partial charge in [-0.3, -0.25) is 0 Å². The summed E-state index contributed by atoms with van der Waals surface area (Å²) in [4.78, 5) is 6.65. The van der Waals surface area contributed by atoms with Gasteiger partial charge in [0, 0.05) is 31.5 Å². The number of hydrogen-bond donors (Lipinski definition) is 1. The number of thiocarbonyl (C=S) groups is 1. The molecule has 33 heavy (non-hydrogen) atoms. The molecule has 4 rings (SSSR count). The van der Waals surface area contributed by atoms with E-state index >= 15 is 0 Å². The Morgan fingerprint density at radius 1 is 1.18 bits per heavy atom. The van der Waals surface area contributed by atoms with Crippen LogP contribution in [-0.4, -0.2) is 47.5 Å². The summed E-state index contributed by atoms with van der Waals surface area (Å²) in [5.74, 6) is 1.16. The highest BCUT2D eigenvalue weighted by Crippen LogP contribution is 2.38. The Hall–Kier alpha value is -3.30. The average Bonchev–Trinajstić information content (AvgIpc) is 3.31. The summed E-state index contributed by atoms with van der Waals surface area (Å²) in [6.45, 7) is 3.29. The molecule has 0 radical (unpaired) electrons. The molecule has 2 aromatic carbocycles. The van der Waals surface area contributed by atoms with E-state index in [1.54, 1.807) is 26.4 Å². The number of halogens is 1. The number of aromatic nitrogens is 2. The van der Waals surface area contributed by atoms with E-state index < -0.39 is 0 Å². The van der Waals surface area contributed by atoms with Crippen LogP contribution in [0.2, 0.25) is 0 Å². The molecule has 0 saturated carbocycles. The minimum Gasteiger partial charge on any atom is -0.497 e. The zero-order chi connectivity index (χ0) is 23.4. The molecule has 1 N–H and O–H groups in total. The van der Waals surface area contributed by atoms with Crippen LogP contribution in [-0.2, 0) is 4.74 Å². The van der Waals surface area contributed by atoms with Crippen LogP contribution in [0.15, 0.2) is 58.8 Å². The van der Waals surface area contributed by atoms with Gasteiger partial charge in [0.1, 0.15) is 11.6 Å². The molecular weight excluding hydrogens is 443 g/mol.